The number of aryl methyl sites for hydroxylation is 1. The fourth-order valence-electron chi connectivity index (χ4n) is 1.83. The van der Waals surface area contributed by atoms with Crippen LogP contribution in [0.3, 0.4) is 0 Å². The van der Waals surface area contributed by atoms with Crippen molar-refractivity contribution in [3.05, 3.63) is 23.8 Å². The fourth-order valence-corrected chi connectivity index (χ4v) is 1.83. The molecule has 1 aromatic rings. The normalized spacial score (nSPS) is 9.89. The highest BCUT2D eigenvalue weighted by Crippen LogP contribution is 2.24. The number of imide groups is 1. The van der Waals surface area contributed by atoms with Crippen LogP contribution in [0.5, 0.6) is 0 Å². The average molecular weight is 262 g/mol. The van der Waals surface area contributed by atoms with Crippen molar-refractivity contribution in [1.82, 2.24) is 0 Å². The van der Waals surface area contributed by atoms with Crippen LogP contribution in [-0.4, -0.2) is 17.7 Å². The Hall–Kier alpha value is -2.17. The highest BCUT2D eigenvalue weighted by molar-refractivity contribution is 6.14. The molecule has 0 radical (unpaired) electrons. The molecule has 0 aromatic heterocycles. The molecule has 102 valence electrons. The van der Waals surface area contributed by atoms with E-state index in [1.807, 2.05) is 0 Å². The van der Waals surface area contributed by atoms with Crippen molar-refractivity contribution < 1.29 is 14.4 Å². The van der Waals surface area contributed by atoms with E-state index in [4.69, 9.17) is 0 Å². The van der Waals surface area contributed by atoms with Gasteiger partial charge in [0.25, 0.3) is 0 Å². The van der Waals surface area contributed by atoms with Crippen molar-refractivity contribution in [2.45, 2.75) is 34.1 Å². The van der Waals surface area contributed by atoms with E-state index in [2.05, 4.69) is 5.32 Å². The molecule has 0 heterocycles. The molecule has 1 aromatic carbocycles. The summed E-state index contributed by atoms with van der Waals surface area (Å²) < 4.78 is 0. The largest absolute Gasteiger partial charge is 0.326 e. The van der Waals surface area contributed by atoms with Crippen molar-refractivity contribution >= 4 is 29.1 Å². The van der Waals surface area contributed by atoms with Crippen LogP contribution in [0, 0.1) is 6.92 Å². The summed E-state index contributed by atoms with van der Waals surface area (Å²) >= 11 is 0. The zero-order chi connectivity index (χ0) is 14.6. The Balaban J connectivity index is 3.15. The Kier molecular flexibility index (Phi) is 4.80. The molecule has 0 bridgehead atoms. The van der Waals surface area contributed by atoms with E-state index in [9.17, 15) is 14.4 Å². The molecule has 5 heteroatoms. The lowest BCUT2D eigenvalue weighted by Gasteiger charge is -2.21. The minimum Gasteiger partial charge on any atom is -0.326 e. The lowest BCUT2D eigenvalue weighted by atomic mass is 10.1. The molecular formula is C14H18N2O3. The first kappa shape index (κ1) is 14.9. The van der Waals surface area contributed by atoms with Crippen molar-refractivity contribution in [3.8, 4) is 0 Å². The number of nitrogens with zero attached hydrogens (tertiary/aromatic N) is 1. The standard InChI is InChI=1S/C14H18N2O3/c1-5-14(19)16(11(4)18)13-7-6-12(8-9(13)2)15-10(3)17/h6-8H,5H2,1-4H3,(H,15,17). The van der Waals surface area contributed by atoms with E-state index < -0.39 is 0 Å². The summed E-state index contributed by atoms with van der Waals surface area (Å²) in [6, 6.07) is 5.06. The number of hydrogen-bond acceptors (Lipinski definition) is 3. The fraction of sp³-hybridized carbons (Fsp3) is 0.357. The molecule has 19 heavy (non-hydrogen) atoms. The number of benzene rings is 1. The summed E-state index contributed by atoms with van der Waals surface area (Å²) in [7, 11) is 0. The Morgan fingerprint density at radius 1 is 1.21 bits per heavy atom. The van der Waals surface area contributed by atoms with E-state index in [1.165, 1.54) is 13.8 Å². The molecule has 0 spiro atoms. The van der Waals surface area contributed by atoms with Gasteiger partial charge in [-0.15, -0.1) is 0 Å². The Labute approximate surface area is 112 Å². The molecule has 0 saturated heterocycles. The van der Waals surface area contributed by atoms with E-state index in [0.717, 1.165) is 10.5 Å². The van der Waals surface area contributed by atoms with Gasteiger partial charge in [0.05, 0.1) is 5.69 Å². The second-order valence-corrected chi connectivity index (χ2v) is 4.28. The van der Waals surface area contributed by atoms with Gasteiger partial charge < -0.3 is 5.32 Å². The molecule has 5 nitrogen and oxygen atoms in total. The van der Waals surface area contributed by atoms with Crippen LogP contribution in [0.2, 0.25) is 0 Å². The molecule has 0 fully saturated rings. The summed E-state index contributed by atoms with van der Waals surface area (Å²) in [6.45, 7) is 6.28. The van der Waals surface area contributed by atoms with E-state index >= 15 is 0 Å². The van der Waals surface area contributed by atoms with Gasteiger partial charge in [-0.05, 0) is 30.7 Å². The zero-order valence-electron chi connectivity index (χ0n) is 11.6. The first-order valence-electron chi connectivity index (χ1n) is 6.08. The van der Waals surface area contributed by atoms with Crippen molar-refractivity contribution in [2.24, 2.45) is 0 Å². The summed E-state index contributed by atoms with van der Waals surface area (Å²) in [5.74, 6) is -0.731. The molecule has 1 N–H and O–H groups in total. The average Bonchev–Trinajstić information content (AvgIpc) is 2.30. The number of anilines is 2. The summed E-state index contributed by atoms with van der Waals surface area (Å²) in [6.07, 6.45) is 0.256. The zero-order valence-corrected chi connectivity index (χ0v) is 11.6. The Morgan fingerprint density at radius 2 is 1.84 bits per heavy atom. The van der Waals surface area contributed by atoms with Crippen LogP contribution in [0.15, 0.2) is 18.2 Å². The maximum Gasteiger partial charge on any atom is 0.233 e. The van der Waals surface area contributed by atoms with E-state index in [-0.39, 0.29) is 24.1 Å². The maximum atomic E-state index is 11.8. The summed E-state index contributed by atoms with van der Waals surface area (Å²) in [5.41, 5.74) is 1.94. The SMILES string of the molecule is CCC(=O)N(C(C)=O)c1ccc(NC(C)=O)cc1C. The smallest absolute Gasteiger partial charge is 0.233 e. The minimum atomic E-state index is -0.317. The van der Waals surface area contributed by atoms with Gasteiger partial charge in [-0.3, -0.25) is 19.3 Å². The maximum absolute atomic E-state index is 11.8. The molecule has 0 unspecified atom stereocenters. The Bertz CT molecular complexity index is 523. The number of amides is 3. The Morgan fingerprint density at radius 3 is 2.26 bits per heavy atom. The number of rotatable bonds is 3. The molecule has 0 atom stereocenters. The van der Waals surface area contributed by atoms with Gasteiger partial charge in [-0.25, -0.2) is 0 Å². The van der Waals surface area contributed by atoms with Gasteiger partial charge in [0.1, 0.15) is 0 Å². The first-order valence-corrected chi connectivity index (χ1v) is 6.08. The second-order valence-electron chi connectivity index (χ2n) is 4.28. The van der Waals surface area contributed by atoms with Crippen LogP contribution >= 0.6 is 0 Å². The predicted molar refractivity (Wildman–Crippen MR) is 73.9 cm³/mol. The third kappa shape index (κ3) is 3.64. The molecule has 0 aliphatic rings. The molecule has 0 aliphatic carbocycles. The van der Waals surface area contributed by atoms with Gasteiger partial charge in [-0.1, -0.05) is 6.92 Å². The lowest BCUT2D eigenvalue weighted by Crippen LogP contribution is -2.35. The third-order valence-electron chi connectivity index (χ3n) is 2.62. The van der Waals surface area contributed by atoms with Crippen LogP contribution < -0.4 is 10.2 Å². The topological polar surface area (TPSA) is 66.5 Å². The third-order valence-corrected chi connectivity index (χ3v) is 2.62. The van der Waals surface area contributed by atoms with Crippen molar-refractivity contribution in [1.29, 1.82) is 0 Å². The highest BCUT2D eigenvalue weighted by Gasteiger charge is 2.20. The first-order chi connectivity index (χ1) is 8.86. The molecule has 0 aliphatic heterocycles. The van der Waals surface area contributed by atoms with Crippen LogP contribution in [-0.2, 0) is 14.4 Å². The van der Waals surface area contributed by atoms with Crippen LogP contribution in [0.4, 0.5) is 11.4 Å². The van der Waals surface area contributed by atoms with Gasteiger partial charge in [0.15, 0.2) is 0 Å². The molecule has 1 rings (SSSR count). The summed E-state index contributed by atoms with van der Waals surface area (Å²) in [5, 5.41) is 2.66. The molecule has 3 amide bonds. The quantitative estimate of drug-likeness (QED) is 0.908. The van der Waals surface area contributed by atoms with E-state index in [1.54, 1.807) is 32.0 Å². The minimum absolute atomic E-state index is 0.166. The van der Waals surface area contributed by atoms with Crippen LogP contribution in [0.1, 0.15) is 32.8 Å². The highest BCUT2D eigenvalue weighted by atomic mass is 16.2. The second kappa shape index (κ2) is 6.13. The number of carbonyl (C=O) groups is 3. The molecule has 0 saturated carbocycles. The van der Waals surface area contributed by atoms with Crippen molar-refractivity contribution in [2.75, 3.05) is 10.2 Å². The monoisotopic (exact) mass is 262 g/mol. The van der Waals surface area contributed by atoms with Gasteiger partial charge >= 0.3 is 0 Å². The number of nitrogens with one attached hydrogen (secondary N) is 1. The van der Waals surface area contributed by atoms with Crippen molar-refractivity contribution in [3.63, 3.8) is 0 Å². The van der Waals surface area contributed by atoms with E-state index in [0.29, 0.717) is 11.4 Å². The number of hydrogen-bond donors (Lipinski definition) is 1. The molecular weight excluding hydrogens is 244 g/mol. The summed E-state index contributed by atoms with van der Waals surface area (Å²) in [4.78, 5) is 35.5. The van der Waals surface area contributed by atoms with Gasteiger partial charge in [-0.2, -0.15) is 0 Å². The predicted octanol–water partition coefficient (Wildman–Crippen LogP) is 2.24. The van der Waals surface area contributed by atoms with Gasteiger partial charge in [0, 0.05) is 26.0 Å². The van der Waals surface area contributed by atoms with Gasteiger partial charge in [0.2, 0.25) is 17.7 Å². The van der Waals surface area contributed by atoms with Crippen LogP contribution in [0.25, 0.3) is 0 Å². The lowest BCUT2D eigenvalue weighted by molar-refractivity contribution is -0.125. The number of carbonyl (C=O) groups excluding carboxylic acids is 3.